The van der Waals surface area contributed by atoms with E-state index >= 15 is 0 Å². The zero-order chi connectivity index (χ0) is 17.5. The molecule has 0 bridgehead atoms. The summed E-state index contributed by atoms with van der Waals surface area (Å²) >= 11 is 0. The summed E-state index contributed by atoms with van der Waals surface area (Å²) in [5, 5.41) is 14.3. The molecule has 2 aromatic rings. The molecule has 25 heavy (non-hydrogen) atoms. The minimum Gasteiger partial charge on any atom is -0.435 e. The second-order valence-corrected chi connectivity index (χ2v) is 4.58. The highest BCUT2D eigenvalue weighted by Crippen LogP contribution is 2.17. The van der Waals surface area contributed by atoms with Gasteiger partial charge in [-0.2, -0.15) is 0 Å². The van der Waals surface area contributed by atoms with Gasteiger partial charge in [0.25, 0.3) is 11.8 Å². The summed E-state index contributed by atoms with van der Waals surface area (Å²) in [4.78, 5) is 34.0. The molecular formula is C14H16ClN5O5. The molecule has 0 fully saturated rings. The van der Waals surface area contributed by atoms with E-state index in [1.54, 1.807) is 0 Å². The third kappa shape index (κ3) is 5.70. The number of carbonyl (C=O) groups excluding carboxylic acids is 3. The van der Waals surface area contributed by atoms with Crippen molar-refractivity contribution in [1.82, 2.24) is 5.32 Å². The Morgan fingerprint density at radius 3 is 2.32 bits per heavy atom. The van der Waals surface area contributed by atoms with Crippen molar-refractivity contribution in [2.45, 2.75) is 6.42 Å². The molecule has 0 unspecified atom stereocenters. The molecule has 0 saturated heterocycles. The van der Waals surface area contributed by atoms with Gasteiger partial charge in [0.05, 0.1) is 5.84 Å². The van der Waals surface area contributed by atoms with Crippen LogP contribution in [0.5, 0.6) is 0 Å². The molecule has 0 radical (unpaired) electrons. The predicted molar refractivity (Wildman–Crippen MR) is 91.2 cm³/mol. The maximum absolute atomic E-state index is 11.9. The van der Waals surface area contributed by atoms with Gasteiger partial charge in [0.1, 0.15) is 0 Å². The zero-order valence-electron chi connectivity index (χ0n) is 12.8. The van der Waals surface area contributed by atoms with Gasteiger partial charge >= 0.3 is 0 Å². The number of anilines is 2. The Bertz CT molecular complexity index is 769. The van der Waals surface area contributed by atoms with Gasteiger partial charge in [-0.1, -0.05) is 0 Å². The van der Waals surface area contributed by atoms with Crippen molar-refractivity contribution in [3.8, 4) is 0 Å². The van der Waals surface area contributed by atoms with Gasteiger partial charge in [0.15, 0.2) is 17.4 Å². The maximum Gasteiger partial charge on any atom is 0.293 e. The van der Waals surface area contributed by atoms with Crippen LogP contribution < -0.4 is 21.7 Å². The molecule has 0 saturated carbocycles. The molecule has 0 aliphatic heterocycles. The van der Waals surface area contributed by atoms with E-state index in [0.717, 1.165) is 0 Å². The van der Waals surface area contributed by atoms with E-state index in [2.05, 4.69) is 16.0 Å². The third-order valence-corrected chi connectivity index (χ3v) is 2.78. The summed E-state index contributed by atoms with van der Waals surface area (Å²) in [5.41, 5.74) is 5.18. The fourth-order valence-corrected chi connectivity index (χ4v) is 1.69. The zero-order valence-corrected chi connectivity index (χ0v) is 13.6. The van der Waals surface area contributed by atoms with Crippen molar-refractivity contribution in [1.29, 1.82) is 5.41 Å². The minimum atomic E-state index is -0.605. The monoisotopic (exact) mass is 369 g/mol. The van der Waals surface area contributed by atoms with E-state index in [1.165, 1.54) is 24.3 Å². The first-order chi connectivity index (χ1) is 11.5. The summed E-state index contributed by atoms with van der Waals surface area (Å²) in [6, 6.07) is 5.59. The number of amidine groups is 1. The van der Waals surface area contributed by atoms with Crippen molar-refractivity contribution in [3.63, 3.8) is 0 Å². The third-order valence-electron chi connectivity index (χ3n) is 2.78. The Hall–Kier alpha value is -3.27. The van der Waals surface area contributed by atoms with Gasteiger partial charge in [0, 0.05) is 25.1 Å². The molecule has 0 atom stereocenters. The number of hydrogen-bond donors (Lipinski definition) is 5. The molecule has 2 aromatic heterocycles. The van der Waals surface area contributed by atoms with Crippen LogP contribution in [0.25, 0.3) is 0 Å². The second-order valence-electron chi connectivity index (χ2n) is 4.58. The lowest BCUT2D eigenvalue weighted by molar-refractivity contribution is -0.105. The Labute approximate surface area is 148 Å². The highest BCUT2D eigenvalue weighted by Gasteiger charge is 2.15. The van der Waals surface area contributed by atoms with Gasteiger partial charge in [0.2, 0.25) is 12.3 Å². The summed E-state index contributed by atoms with van der Waals surface area (Å²) in [6.45, 7) is 0.204. The Balaban J connectivity index is 0.00000312. The first-order valence-corrected chi connectivity index (χ1v) is 6.82. The fraction of sp³-hybridized carbons (Fsp3) is 0.143. The van der Waals surface area contributed by atoms with E-state index in [4.69, 9.17) is 20.0 Å². The fourth-order valence-electron chi connectivity index (χ4n) is 1.69. The summed E-state index contributed by atoms with van der Waals surface area (Å²) in [5.74, 6) is -0.999. The Morgan fingerprint density at radius 2 is 1.68 bits per heavy atom. The van der Waals surface area contributed by atoms with E-state index in [1.807, 2.05) is 0 Å². The number of carbonyl (C=O) groups is 3. The van der Waals surface area contributed by atoms with Crippen LogP contribution in [0.4, 0.5) is 11.8 Å². The number of nitrogens with one attached hydrogen (secondary N) is 4. The van der Waals surface area contributed by atoms with Crippen LogP contribution >= 0.6 is 12.4 Å². The molecule has 0 aromatic carbocycles. The molecule has 0 aliphatic rings. The van der Waals surface area contributed by atoms with Crippen LogP contribution in [-0.2, 0) is 4.79 Å². The first-order valence-electron chi connectivity index (χ1n) is 6.82. The van der Waals surface area contributed by atoms with Crippen LogP contribution in [0.3, 0.4) is 0 Å². The van der Waals surface area contributed by atoms with Gasteiger partial charge < -0.3 is 19.9 Å². The number of nitrogens with two attached hydrogens (primary N) is 1. The van der Waals surface area contributed by atoms with E-state index in [9.17, 15) is 14.4 Å². The molecule has 3 amide bonds. The molecule has 0 spiro atoms. The van der Waals surface area contributed by atoms with Gasteiger partial charge in [-0.25, -0.2) is 0 Å². The van der Waals surface area contributed by atoms with E-state index in [0.29, 0.717) is 6.41 Å². The smallest absolute Gasteiger partial charge is 0.293 e. The van der Waals surface area contributed by atoms with Crippen molar-refractivity contribution < 1.29 is 23.2 Å². The van der Waals surface area contributed by atoms with Crippen LogP contribution in [-0.4, -0.2) is 30.6 Å². The van der Waals surface area contributed by atoms with Crippen molar-refractivity contribution in [3.05, 3.63) is 35.8 Å². The van der Waals surface area contributed by atoms with Gasteiger partial charge in [-0.15, -0.1) is 12.4 Å². The van der Waals surface area contributed by atoms with Crippen LogP contribution in [0.2, 0.25) is 0 Å². The minimum absolute atomic E-state index is 0. The summed E-state index contributed by atoms with van der Waals surface area (Å²) in [7, 11) is 0. The van der Waals surface area contributed by atoms with Crippen LogP contribution in [0, 0.1) is 5.41 Å². The SMILES string of the molecule is Cl.N=C(N)CCNC(=O)c1ccc(NC(=O)c2ccc(NC=O)o2)o1. The molecule has 134 valence electrons. The standard InChI is InChI=1S/C14H15N5O5.ClH/c15-10(16)5-6-17-13(21)8-2-4-12(24-8)19-14(22)9-1-3-11(23-9)18-7-20;/h1-4,7H,5-6H2,(H3,15,16)(H,17,21)(H,18,20)(H,19,22);1H. The van der Waals surface area contributed by atoms with E-state index in [-0.39, 0.29) is 54.5 Å². The highest BCUT2D eigenvalue weighted by molar-refractivity contribution is 6.02. The molecule has 2 rings (SSSR count). The average molecular weight is 370 g/mol. The molecule has 0 aliphatic carbocycles. The number of amides is 3. The second kappa shape index (κ2) is 9.13. The van der Waals surface area contributed by atoms with Gasteiger partial charge in [-0.05, 0) is 12.1 Å². The van der Waals surface area contributed by atoms with Crippen molar-refractivity contribution in [2.75, 3.05) is 17.2 Å². The molecular weight excluding hydrogens is 354 g/mol. The summed E-state index contributed by atoms with van der Waals surface area (Å²) < 4.78 is 10.3. The number of furan rings is 2. The maximum atomic E-state index is 11.9. The lowest BCUT2D eigenvalue weighted by atomic mass is 10.3. The first kappa shape index (κ1) is 19.8. The predicted octanol–water partition coefficient (Wildman–Crippen LogP) is 1.17. The summed E-state index contributed by atoms with van der Waals surface area (Å²) in [6.07, 6.45) is 0.649. The number of hydrogen-bond acceptors (Lipinski definition) is 6. The topological polar surface area (TPSA) is 163 Å². The van der Waals surface area contributed by atoms with Gasteiger partial charge in [-0.3, -0.25) is 30.4 Å². The quantitative estimate of drug-likeness (QED) is 0.266. The highest BCUT2D eigenvalue weighted by atomic mass is 35.5. The largest absolute Gasteiger partial charge is 0.435 e. The van der Waals surface area contributed by atoms with Crippen molar-refractivity contribution in [2.24, 2.45) is 5.73 Å². The Kier molecular flexibility index (Phi) is 7.22. The molecule has 6 N–H and O–H groups in total. The molecule has 2 heterocycles. The normalized spacial score (nSPS) is 9.60. The number of rotatable bonds is 8. The van der Waals surface area contributed by atoms with Crippen LogP contribution in [0.15, 0.2) is 33.1 Å². The average Bonchev–Trinajstić information content (AvgIpc) is 3.16. The molecule has 11 heteroatoms. The van der Waals surface area contributed by atoms with Crippen LogP contribution in [0.1, 0.15) is 27.5 Å². The molecule has 10 nitrogen and oxygen atoms in total. The number of halogens is 1. The Morgan fingerprint density at radius 1 is 1.08 bits per heavy atom. The van der Waals surface area contributed by atoms with Crippen molar-refractivity contribution >= 4 is 48.2 Å². The lowest BCUT2D eigenvalue weighted by Crippen LogP contribution is -2.27. The lowest BCUT2D eigenvalue weighted by Gasteiger charge is -2.02. The van der Waals surface area contributed by atoms with E-state index < -0.39 is 11.8 Å².